The minimum atomic E-state index is -0.682. The van der Waals surface area contributed by atoms with Gasteiger partial charge in [-0.25, -0.2) is 0 Å². The number of aliphatic hydroxyl groups is 1. The van der Waals surface area contributed by atoms with E-state index < -0.39 is 5.60 Å². The van der Waals surface area contributed by atoms with Gasteiger partial charge in [-0.15, -0.1) is 0 Å². The number of likely N-dealkylation sites (tertiary alicyclic amines) is 1. The number of carbonyl (C=O) groups is 1. The zero-order chi connectivity index (χ0) is 16.2. The van der Waals surface area contributed by atoms with Crippen LogP contribution in [0, 0.1) is 0 Å². The molecule has 22 heavy (non-hydrogen) atoms. The Kier molecular flexibility index (Phi) is 5.59. The summed E-state index contributed by atoms with van der Waals surface area (Å²) in [5.74, 6) is 0.0876. The molecule has 1 fully saturated rings. The first kappa shape index (κ1) is 17.0. The first-order chi connectivity index (χ1) is 10.4. The lowest BCUT2D eigenvalue weighted by atomic mass is 9.97. The van der Waals surface area contributed by atoms with Crippen molar-refractivity contribution in [2.24, 2.45) is 0 Å². The van der Waals surface area contributed by atoms with Gasteiger partial charge < -0.3 is 14.7 Å². The molecule has 2 rings (SSSR count). The van der Waals surface area contributed by atoms with E-state index in [9.17, 15) is 9.90 Å². The summed E-state index contributed by atoms with van der Waals surface area (Å²) >= 11 is 0. The number of aryl methyl sites for hydroxylation is 1. The van der Waals surface area contributed by atoms with Crippen LogP contribution in [0.2, 0.25) is 0 Å². The van der Waals surface area contributed by atoms with Crippen LogP contribution >= 0.6 is 0 Å². The standard InChI is InChI=1S/C18H27NO3/c1-18(2,21)10-9-14-6-4-7-15(12-14)17(20)19-11-5-8-16(19)13-22-3/h4,6-7,12,16,21H,5,8-11,13H2,1-3H3/t16-/m0/s1. The number of benzene rings is 1. The molecule has 1 heterocycles. The molecule has 1 aliphatic rings. The maximum absolute atomic E-state index is 12.7. The molecule has 1 N–H and O–H groups in total. The summed E-state index contributed by atoms with van der Waals surface area (Å²) in [5, 5.41) is 9.83. The quantitative estimate of drug-likeness (QED) is 0.879. The third-order valence-electron chi connectivity index (χ3n) is 4.20. The first-order valence-electron chi connectivity index (χ1n) is 8.02. The molecule has 122 valence electrons. The van der Waals surface area contributed by atoms with Crippen molar-refractivity contribution >= 4 is 5.91 Å². The van der Waals surface area contributed by atoms with Crippen LogP contribution in [0.1, 0.15) is 49.0 Å². The Morgan fingerprint density at radius 2 is 2.23 bits per heavy atom. The van der Waals surface area contributed by atoms with Crippen LogP contribution in [0.5, 0.6) is 0 Å². The predicted molar refractivity (Wildman–Crippen MR) is 87.0 cm³/mol. The van der Waals surface area contributed by atoms with Crippen LogP contribution in [-0.2, 0) is 11.2 Å². The van der Waals surface area contributed by atoms with Crippen molar-refractivity contribution in [3.05, 3.63) is 35.4 Å². The minimum Gasteiger partial charge on any atom is -0.390 e. The molecule has 0 radical (unpaired) electrons. The Balaban J connectivity index is 2.06. The molecular weight excluding hydrogens is 278 g/mol. The van der Waals surface area contributed by atoms with Gasteiger partial charge in [-0.1, -0.05) is 12.1 Å². The van der Waals surface area contributed by atoms with Gasteiger partial charge in [0.2, 0.25) is 0 Å². The van der Waals surface area contributed by atoms with Crippen molar-refractivity contribution in [3.63, 3.8) is 0 Å². The molecule has 1 aromatic carbocycles. The molecule has 4 nitrogen and oxygen atoms in total. The van der Waals surface area contributed by atoms with Crippen molar-refractivity contribution in [2.45, 2.75) is 51.2 Å². The van der Waals surface area contributed by atoms with Crippen molar-refractivity contribution in [1.29, 1.82) is 0 Å². The molecule has 1 atom stereocenters. The summed E-state index contributed by atoms with van der Waals surface area (Å²) < 4.78 is 5.22. The summed E-state index contributed by atoms with van der Waals surface area (Å²) in [4.78, 5) is 14.6. The van der Waals surface area contributed by atoms with Gasteiger partial charge in [0, 0.05) is 19.2 Å². The van der Waals surface area contributed by atoms with Crippen LogP contribution in [0.4, 0.5) is 0 Å². The Labute approximate surface area is 133 Å². The molecule has 4 heteroatoms. The molecule has 1 saturated heterocycles. The number of nitrogens with zero attached hydrogens (tertiary/aromatic N) is 1. The van der Waals surface area contributed by atoms with Crippen LogP contribution < -0.4 is 0 Å². The van der Waals surface area contributed by atoms with Gasteiger partial charge in [-0.3, -0.25) is 4.79 Å². The molecule has 1 aliphatic heterocycles. The van der Waals surface area contributed by atoms with E-state index in [0.717, 1.165) is 36.9 Å². The van der Waals surface area contributed by atoms with Crippen LogP contribution in [0.25, 0.3) is 0 Å². The van der Waals surface area contributed by atoms with Gasteiger partial charge in [0.1, 0.15) is 0 Å². The van der Waals surface area contributed by atoms with Gasteiger partial charge in [-0.05, 0) is 57.2 Å². The number of rotatable bonds is 6. The smallest absolute Gasteiger partial charge is 0.254 e. The lowest BCUT2D eigenvalue weighted by molar-refractivity contribution is 0.0630. The largest absolute Gasteiger partial charge is 0.390 e. The van der Waals surface area contributed by atoms with Crippen molar-refractivity contribution in [1.82, 2.24) is 4.90 Å². The third-order valence-corrected chi connectivity index (χ3v) is 4.20. The van der Waals surface area contributed by atoms with E-state index in [1.165, 1.54) is 0 Å². The highest BCUT2D eigenvalue weighted by molar-refractivity contribution is 5.94. The lowest BCUT2D eigenvalue weighted by Gasteiger charge is -2.24. The van der Waals surface area contributed by atoms with Crippen LogP contribution in [0.3, 0.4) is 0 Å². The zero-order valence-electron chi connectivity index (χ0n) is 13.8. The number of hydrogen-bond acceptors (Lipinski definition) is 3. The minimum absolute atomic E-state index is 0.0876. The van der Waals surface area contributed by atoms with E-state index in [2.05, 4.69) is 0 Å². The van der Waals surface area contributed by atoms with Gasteiger partial charge >= 0.3 is 0 Å². The van der Waals surface area contributed by atoms with E-state index in [-0.39, 0.29) is 11.9 Å². The summed E-state index contributed by atoms with van der Waals surface area (Å²) in [6.07, 6.45) is 3.50. The Morgan fingerprint density at radius 3 is 2.91 bits per heavy atom. The van der Waals surface area contributed by atoms with E-state index in [4.69, 9.17) is 4.74 Å². The fraction of sp³-hybridized carbons (Fsp3) is 0.611. The highest BCUT2D eigenvalue weighted by Crippen LogP contribution is 2.21. The Morgan fingerprint density at radius 1 is 1.45 bits per heavy atom. The second-order valence-electron chi connectivity index (χ2n) is 6.76. The molecule has 0 bridgehead atoms. The van der Waals surface area contributed by atoms with Crippen LogP contribution in [-0.4, -0.2) is 47.8 Å². The molecule has 0 unspecified atom stereocenters. The fourth-order valence-corrected chi connectivity index (χ4v) is 2.94. The van der Waals surface area contributed by atoms with E-state index in [1.807, 2.05) is 43.0 Å². The molecule has 0 spiro atoms. The monoisotopic (exact) mass is 305 g/mol. The fourth-order valence-electron chi connectivity index (χ4n) is 2.94. The number of amides is 1. The van der Waals surface area contributed by atoms with E-state index >= 15 is 0 Å². The zero-order valence-corrected chi connectivity index (χ0v) is 13.8. The van der Waals surface area contributed by atoms with Gasteiger partial charge in [0.05, 0.1) is 18.2 Å². The molecular formula is C18H27NO3. The van der Waals surface area contributed by atoms with E-state index in [1.54, 1.807) is 7.11 Å². The molecule has 1 aromatic rings. The van der Waals surface area contributed by atoms with Gasteiger partial charge in [0.25, 0.3) is 5.91 Å². The van der Waals surface area contributed by atoms with Crippen molar-refractivity contribution < 1.29 is 14.6 Å². The van der Waals surface area contributed by atoms with Crippen LogP contribution in [0.15, 0.2) is 24.3 Å². The molecule has 0 aliphatic carbocycles. The summed E-state index contributed by atoms with van der Waals surface area (Å²) in [6, 6.07) is 7.96. The maximum Gasteiger partial charge on any atom is 0.254 e. The molecule has 1 amide bonds. The summed E-state index contributed by atoms with van der Waals surface area (Å²) in [6.45, 7) is 5.02. The SMILES string of the molecule is COC[C@@H]1CCCN1C(=O)c1cccc(CCC(C)(C)O)c1. The second-order valence-corrected chi connectivity index (χ2v) is 6.76. The molecule has 0 aromatic heterocycles. The summed E-state index contributed by atoms with van der Waals surface area (Å²) in [7, 11) is 1.68. The number of carbonyl (C=O) groups excluding carboxylic acids is 1. The third kappa shape index (κ3) is 4.55. The van der Waals surface area contributed by atoms with E-state index in [0.29, 0.717) is 13.0 Å². The number of ether oxygens (including phenoxy) is 1. The maximum atomic E-state index is 12.7. The Hall–Kier alpha value is -1.39. The normalized spacial score (nSPS) is 18.7. The Bertz CT molecular complexity index is 507. The van der Waals surface area contributed by atoms with Gasteiger partial charge in [0.15, 0.2) is 0 Å². The number of hydrogen-bond donors (Lipinski definition) is 1. The predicted octanol–water partition coefficient (Wildman–Crippen LogP) is 2.64. The topological polar surface area (TPSA) is 49.8 Å². The highest BCUT2D eigenvalue weighted by Gasteiger charge is 2.29. The first-order valence-corrected chi connectivity index (χ1v) is 8.02. The average Bonchev–Trinajstić information content (AvgIpc) is 2.93. The second kappa shape index (κ2) is 7.25. The highest BCUT2D eigenvalue weighted by atomic mass is 16.5. The average molecular weight is 305 g/mol. The number of methoxy groups -OCH3 is 1. The van der Waals surface area contributed by atoms with Crippen molar-refractivity contribution in [3.8, 4) is 0 Å². The van der Waals surface area contributed by atoms with Crippen molar-refractivity contribution in [2.75, 3.05) is 20.3 Å². The molecule has 0 saturated carbocycles. The van der Waals surface area contributed by atoms with Gasteiger partial charge in [-0.2, -0.15) is 0 Å². The summed E-state index contributed by atoms with van der Waals surface area (Å²) in [5.41, 5.74) is 1.14. The lowest BCUT2D eigenvalue weighted by Crippen LogP contribution is -2.38.